The first-order chi connectivity index (χ1) is 12.7. The predicted octanol–water partition coefficient (Wildman–Crippen LogP) is 3.46. The van der Waals surface area contributed by atoms with Crippen LogP contribution in [-0.4, -0.2) is 22.6 Å². The Kier molecular flexibility index (Phi) is 5.12. The summed E-state index contributed by atoms with van der Waals surface area (Å²) < 4.78 is 6.29. The summed E-state index contributed by atoms with van der Waals surface area (Å²) in [7, 11) is 0. The number of fused-ring (bicyclic) bond motifs is 1. The molecule has 2 aromatic heterocycles. The number of ether oxygens (including phenoxy) is 1. The van der Waals surface area contributed by atoms with Crippen LogP contribution in [0.3, 0.4) is 0 Å². The maximum absolute atomic E-state index is 6.29. The van der Waals surface area contributed by atoms with Gasteiger partial charge in [-0.3, -0.25) is 4.84 Å². The number of nitrogens with one attached hydrogen (secondary N) is 1. The third kappa shape index (κ3) is 3.57. The third-order valence-electron chi connectivity index (χ3n) is 4.70. The molecule has 0 amide bonds. The number of hydrogen-bond acceptors (Lipinski definition) is 7. The lowest BCUT2D eigenvalue weighted by Crippen LogP contribution is -2.26. The Bertz CT molecular complexity index is 870. The van der Waals surface area contributed by atoms with Gasteiger partial charge < -0.3 is 10.5 Å². The van der Waals surface area contributed by atoms with Crippen molar-refractivity contribution in [1.82, 2.24) is 15.4 Å². The van der Waals surface area contributed by atoms with E-state index in [-0.39, 0.29) is 12.2 Å². The second kappa shape index (κ2) is 7.67. The number of hydrogen-bond donors (Lipinski definition) is 2. The molecule has 1 saturated heterocycles. The Morgan fingerprint density at radius 1 is 1.31 bits per heavy atom. The molecule has 136 valence electrons. The van der Waals surface area contributed by atoms with E-state index < -0.39 is 0 Å². The molecule has 1 aliphatic heterocycles. The molecule has 3 N–H and O–H groups in total. The highest BCUT2D eigenvalue weighted by atomic mass is 32.1. The highest BCUT2D eigenvalue weighted by Gasteiger charge is 2.35. The van der Waals surface area contributed by atoms with Crippen LogP contribution in [0.5, 0.6) is 0 Å². The van der Waals surface area contributed by atoms with Crippen molar-refractivity contribution in [2.45, 2.75) is 32.2 Å². The van der Waals surface area contributed by atoms with Crippen molar-refractivity contribution in [2.24, 2.45) is 5.92 Å². The number of nitrogens with two attached hydrogens (primary N) is 1. The molecule has 0 aliphatic carbocycles. The largest absolute Gasteiger partial charge is 0.383 e. The number of hydroxylamine groups is 1. The first-order valence-corrected chi connectivity index (χ1v) is 9.62. The third-order valence-corrected chi connectivity index (χ3v) is 5.73. The Morgan fingerprint density at radius 3 is 3.00 bits per heavy atom. The van der Waals surface area contributed by atoms with Crippen molar-refractivity contribution in [1.29, 1.82) is 0 Å². The van der Waals surface area contributed by atoms with Crippen LogP contribution in [-0.2, 0) is 16.2 Å². The topological polar surface area (TPSA) is 82.3 Å². The van der Waals surface area contributed by atoms with Crippen molar-refractivity contribution in [3.8, 4) is 0 Å². The van der Waals surface area contributed by atoms with Gasteiger partial charge >= 0.3 is 0 Å². The summed E-state index contributed by atoms with van der Waals surface area (Å²) >= 11 is 1.65. The summed E-state index contributed by atoms with van der Waals surface area (Å²) in [6.45, 7) is 3.41. The first-order valence-electron chi connectivity index (χ1n) is 8.74. The van der Waals surface area contributed by atoms with Gasteiger partial charge in [-0.15, -0.1) is 11.3 Å². The van der Waals surface area contributed by atoms with Crippen LogP contribution >= 0.6 is 11.3 Å². The summed E-state index contributed by atoms with van der Waals surface area (Å²) in [5, 5.41) is 2.93. The molecule has 3 atom stereocenters. The van der Waals surface area contributed by atoms with Crippen molar-refractivity contribution < 1.29 is 9.57 Å². The Balaban J connectivity index is 1.35. The van der Waals surface area contributed by atoms with E-state index in [4.69, 9.17) is 15.3 Å². The van der Waals surface area contributed by atoms with Gasteiger partial charge in [0.25, 0.3) is 0 Å². The van der Waals surface area contributed by atoms with E-state index in [9.17, 15) is 0 Å². The normalized spacial score (nSPS) is 22.9. The lowest BCUT2D eigenvalue weighted by Gasteiger charge is -2.15. The number of rotatable bonds is 6. The van der Waals surface area contributed by atoms with E-state index in [0.717, 1.165) is 27.8 Å². The number of anilines is 1. The van der Waals surface area contributed by atoms with Crippen LogP contribution < -0.4 is 11.2 Å². The summed E-state index contributed by atoms with van der Waals surface area (Å²) in [5.41, 5.74) is 11.0. The zero-order valence-corrected chi connectivity index (χ0v) is 15.4. The maximum atomic E-state index is 6.29. The van der Waals surface area contributed by atoms with Gasteiger partial charge in [-0.05, 0) is 17.9 Å². The van der Waals surface area contributed by atoms with Crippen LogP contribution in [0.1, 0.15) is 29.9 Å². The second-order valence-electron chi connectivity index (χ2n) is 6.64. The van der Waals surface area contributed by atoms with Crippen molar-refractivity contribution >= 4 is 28.1 Å². The summed E-state index contributed by atoms with van der Waals surface area (Å²) in [6, 6.07) is 10.1. The second-order valence-corrected chi connectivity index (χ2v) is 7.55. The number of thiophene rings is 1. The van der Waals surface area contributed by atoms with Crippen LogP contribution in [0.25, 0.3) is 10.9 Å². The van der Waals surface area contributed by atoms with Gasteiger partial charge in [-0.25, -0.2) is 9.97 Å². The van der Waals surface area contributed by atoms with Crippen LogP contribution in [0.4, 0.5) is 5.82 Å². The SMILES string of the molecule is CC1C[C@@H](CNOCc2ccccc2)O[C@H]1c1scc2c(N)ncnc12. The fraction of sp³-hybridized carbons (Fsp3) is 0.368. The molecule has 1 fully saturated rings. The minimum atomic E-state index is 0.0349. The summed E-state index contributed by atoms with van der Waals surface area (Å²) in [5.74, 6) is 0.935. The average Bonchev–Trinajstić information content (AvgIpc) is 3.24. The highest BCUT2D eigenvalue weighted by Crippen LogP contribution is 2.43. The minimum absolute atomic E-state index is 0.0349. The quantitative estimate of drug-likeness (QED) is 0.511. The average molecular weight is 370 g/mol. The van der Waals surface area contributed by atoms with Crippen LogP contribution in [0.2, 0.25) is 0 Å². The molecule has 3 heterocycles. The van der Waals surface area contributed by atoms with Crippen LogP contribution in [0.15, 0.2) is 42.0 Å². The van der Waals surface area contributed by atoms with Gasteiger partial charge in [0.1, 0.15) is 12.1 Å². The van der Waals surface area contributed by atoms with E-state index in [1.165, 1.54) is 6.33 Å². The van der Waals surface area contributed by atoms with Gasteiger partial charge in [0.15, 0.2) is 0 Å². The molecule has 0 radical (unpaired) electrons. The van der Waals surface area contributed by atoms with E-state index in [1.54, 1.807) is 11.3 Å². The van der Waals surface area contributed by atoms with E-state index >= 15 is 0 Å². The molecule has 1 unspecified atom stereocenters. The van der Waals surface area contributed by atoms with E-state index in [2.05, 4.69) is 22.4 Å². The lowest BCUT2D eigenvalue weighted by molar-refractivity contribution is -0.0209. The number of aromatic nitrogens is 2. The molecule has 26 heavy (non-hydrogen) atoms. The van der Waals surface area contributed by atoms with Gasteiger partial charge in [0.2, 0.25) is 0 Å². The van der Waals surface area contributed by atoms with Gasteiger partial charge in [-0.2, -0.15) is 5.48 Å². The Labute approximate surface area is 156 Å². The smallest absolute Gasteiger partial charge is 0.135 e. The Hall–Kier alpha value is -2.06. The molecule has 0 spiro atoms. The highest BCUT2D eigenvalue weighted by molar-refractivity contribution is 7.11. The fourth-order valence-corrected chi connectivity index (χ4v) is 4.52. The molecule has 4 rings (SSSR count). The predicted molar refractivity (Wildman–Crippen MR) is 102 cm³/mol. The Morgan fingerprint density at radius 2 is 2.15 bits per heavy atom. The number of nitrogen functional groups attached to an aromatic ring is 1. The van der Waals surface area contributed by atoms with Crippen LogP contribution in [0, 0.1) is 5.92 Å². The summed E-state index contributed by atoms with van der Waals surface area (Å²) in [4.78, 5) is 15.2. The first kappa shape index (κ1) is 17.4. The zero-order chi connectivity index (χ0) is 17.9. The van der Waals surface area contributed by atoms with Gasteiger partial charge in [0.05, 0.1) is 34.6 Å². The van der Waals surface area contributed by atoms with E-state index in [0.29, 0.717) is 24.9 Å². The molecule has 1 aromatic carbocycles. The molecule has 3 aromatic rings. The monoisotopic (exact) mass is 370 g/mol. The lowest BCUT2D eigenvalue weighted by atomic mass is 10.00. The molecular formula is C19H22N4O2S. The molecule has 1 aliphatic rings. The van der Waals surface area contributed by atoms with Gasteiger partial charge in [0, 0.05) is 11.9 Å². The molecule has 6 nitrogen and oxygen atoms in total. The zero-order valence-electron chi connectivity index (χ0n) is 14.6. The molecule has 0 bridgehead atoms. The summed E-state index contributed by atoms with van der Waals surface area (Å²) in [6.07, 6.45) is 2.64. The van der Waals surface area contributed by atoms with Gasteiger partial charge in [-0.1, -0.05) is 37.3 Å². The van der Waals surface area contributed by atoms with E-state index in [1.807, 2.05) is 35.7 Å². The molecular weight excluding hydrogens is 348 g/mol. The van der Waals surface area contributed by atoms with Crippen molar-refractivity contribution in [3.63, 3.8) is 0 Å². The molecule has 7 heteroatoms. The molecule has 0 saturated carbocycles. The minimum Gasteiger partial charge on any atom is -0.383 e. The number of benzene rings is 1. The maximum Gasteiger partial charge on any atom is 0.135 e. The number of nitrogens with zero attached hydrogens (tertiary/aromatic N) is 2. The fourth-order valence-electron chi connectivity index (χ4n) is 3.35. The van der Waals surface area contributed by atoms with Crippen molar-refractivity contribution in [2.75, 3.05) is 12.3 Å². The standard InChI is InChI=1S/C19H22N4O2S/c1-12-7-14(8-23-24-9-13-5-3-2-4-6-13)25-17(12)18-16-15(10-26-18)19(20)22-11-21-16/h2-6,10-12,14,17,23H,7-9H2,1H3,(H2,20,21,22)/t12?,14-,17+/m0/s1. The van der Waals surface area contributed by atoms with Crippen molar-refractivity contribution in [3.05, 3.63) is 52.5 Å².